The van der Waals surface area contributed by atoms with E-state index in [4.69, 9.17) is 9.47 Å². The van der Waals surface area contributed by atoms with Crippen molar-refractivity contribution < 1.29 is 9.47 Å². The van der Waals surface area contributed by atoms with Gasteiger partial charge in [0.05, 0.1) is 18.8 Å². The summed E-state index contributed by atoms with van der Waals surface area (Å²) in [5.74, 6) is 0.984. The predicted octanol–water partition coefficient (Wildman–Crippen LogP) is 4.34. The highest BCUT2D eigenvalue weighted by atomic mass is 127. The van der Waals surface area contributed by atoms with Crippen molar-refractivity contribution in [2.24, 2.45) is 4.99 Å². The second-order valence-corrected chi connectivity index (χ2v) is 9.00. The van der Waals surface area contributed by atoms with Gasteiger partial charge >= 0.3 is 0 Å². The van der Waals surface area contributed by atoms with Gasteiger partial charge in [0.25, 0.3) is 0 Å². The van der Waals surface area contributed by atoms with Crippen LogP contribution in [0.15, 0.2) is 29.3 Å². The summed E-state index contributed by atoms with van der Waals surface area (Å²) in [7, 11) is 1.87. The van der Waals surface area contributed by atoms with Gasteiger partial charge in [-0.15, -0.1) is 24.0 Å². The second kappa shape index (κ2) is 11.5. The van der Waals surface area contributed by atoms with Crippen LogP contribution in [0.1, 0.15) is 57.6 Å². The topological polar surface area (TPSA) is 46.1 Å². The molecule has 0 aliphatic carbocycles. The summed E-state index contributed by atoms with van der Waals surface area (Å²) in [5, 5.41) is 3.52. The van der Waals surface area contributed by atoms with Crippen LogP contribution in [0.4, 0.5) is 0 Å². The highest BCUT2D eigenvalue weighted by Gasteiger charge is 2.24. The van der Waals surface area contributed by atoms with Crippen LogP contribution >= 0.6 is 24.0 Å². The van der Waals surface area contributed by atoms with E-state index >= 15 is 0 Å². The third kappa shape index (κ3) is 7.40. The zero-order chi connectivity index (χ0) is 20.0. The Morgan fingerprint density at radius 3 is 2.41 bits per heavy atom. The molecule has 164 valence electrons. The molecule has 6 heteroatoms. The highest BCUT2D eigenvalue weighted by molar-refractivity contribution is 14.0. The van der Waals surface area contributed by atoms with Crippen LogP contribution in [0, 0.1) is 0 Å². The van der Waals surface area contributed by atoms with E-state index < -0.39 is 0 Å². The maximum Gasteiger partial charge on any atom is 0.193 e. The Bertz CT molecular complexity index is 629. The van der Waals surface area contributed by atoms with Crippen molar-refractivity contribution in [1.82, 2.24) is 10.2 Å². The Balaban J connectivity index is 0.00000300. The van der Waals surface area contributed by atoms with Gasteiger partial charge in [0.15, 0.2) is 5.96 Å². The first kappa shape index (κ1) is 24.4. The molecule has 2 fully saturated rings. The maximum atomic E-state index is 6.08. The van der Waals surface area contributed by atoms with Crippen molar-refractivity contribution in [2.75, 3.05) is 33.4 Å². The van der Waals surface area contributed by atoms with Crippen molar-refractivity contribution in [3.8, 4) is 0 Å². The summed E-state index contributed by atoms with van der Waals surface area (Å²) >= 11 is 0. The maximum absolute atomic E-state index is 6.08. The number of rotatable bonds is 5. The fourth-order valence-corrected chi connectivity index (χ4v) is 3.89. The predicted molar refractivity (Wildman–Crippen MR) is 130 cm³/mol. The zero-order valence-corrected chi connectivity index (χ0v) is 20.8. The van der Waals surface area contributed by atoms with Crippen LogP contribution < -0.4 is 5.32 Å². The molecule has 29 heavy (non-hydrogen) atoms. The molecule has 1 N–H and O–H groups in total. The Hall–Kier alpha value is -0.860. The summed E-state index contributed by atoms with van der Waals surface area (Å²) in [5.41, 5.74) is 2.84. The molecule has 0 aromatic heterocycles. The van der Waals surface area contributed by atoms with E-state index in [0.29, 0.717) is 12.2 Å². The molecule has 2 aliphatic heterocycles. The average Bonchev–Trinajstić information content (AvgIpc) is 3.21. The van der Waals surface area contributed by atoms with Crippen molar-refractivity contribution in [2.45, 2.75) is 70.6 Å². The lowest BCUT2D eigenvalue weighted by atomic mass is 9.87. The molecular weight excluding hydrogens is 477 g/mol. The molecule has 1 unspecified atom stereocenters. The van der Waals surface area contributed by atoms with E-state index in [9.17, 15) is 0 Å². The van der Waals surface area contributed by atoms with Gasteiger partial charge in [0, 0.05) is 33.3 Å². The number of likely N-dealkylation sites (tertiary alicyclic amines) is 1. The summed E-state index contributed by atoms with van der Waals surface area (Å²) in [6, 6.07) is 8.89. The minimum absolute atomic E-state index is 0. The molecule has 0 spiro atoms. The largest absolute Gasteiger partial charge is 0.376 e. The van der Waals surface area contributed by atoms with Gasteiger partial charge in [-0.2, -0.15) is 0 Å². The Morgan fingerprint density at radius 2 is 1.86 bits per heavy atom. The van der Waals surface area contributed by atoms with Crippen LogP contribution in [-0.4, -0.2) is 56.4 Å². The lowest BCUT2D eigenvalue weighted by Gasteiger charge is -2.34. The van der Waals surface area contributed by atoms with E-state index in [0.717, 1.165) is 58.1 Å². The number of aliphatic imine (C=N–C) groups is 1. The van der Waals surface area contributed by atoms with Crippen LogP contribution in [-0.2, 0) is 21.4 Å². The molecular formula is C23H38IN3O2. The molecule has 2 saturated heterocycles. The van der Waals surface area contributed by atoms with Gasteiger partial charge in [-0.25, -0.2) is 0 Å². The molecule has 1 atom stereocenters. The van der Waals surface area contributed by atoms with Gasteiger partial charge in [0.2, 0.25) is 0 Å². The lowest BCUT2D eigenvalue weighted by molar-refractivity contribution is -0.0367. The van der Waals surface area contributed by atoms with Crippen molar-refractivity contribution >= 4 is 29.9 Å². The Kier molecular flexibility index (Phi) is 9.69. The number of guanidine groups is 1. The standard InChI is InChI=1S/C23H37N3O2.HI/c1-23(2,3)19-9-7-18(8-10-19)16-25-22(24-4)26-13-11-20(12-14-26)28-17-21-6-5-15-27-21;/h7-10,20-21H,5-6,11-17H2,1-4H3,(H,24,25);1H. The van der Waals surface area contributed by atoms with Crippen LogP contribution in [0.5, 0.6) is 0 Å². The highest BCUT2D eigenvalue weighted by Crippen LogP contribution is 2.22. The van der Waals surface area contributed by atoms with Gasteiger partial charge in [-0.3, -0.25) is 4.99 Å². The molecule has 0 radical (unpaired) electrons. The van der Waals surface area contributed by atoms with Crippen LogP contribution in [0.2, 0.25) is 0 Å². The third-order valence-electron chi connectivity index (χ3n) is 5.77. The lowest BCUT2D eigenvalue weighted by Crippen LogP contribution is -2.47. The van der Waals surface area contributed by atoms with Gasteiger partial charge in [0.1, 0.15) is 0 Å². The third-order valence-corrected chi connectivity index (χ3v) is 5.77. The van der Waals surface area contributed by atoms with Crippen LogP contribution in [0.25, 0.3) is 0 Å². The zero-order valence-electron chi connectivity index (χ0n) is 18.4. The average molecular weight is 515 g/mol. The number of hydrogen-bond donors (Lipinski definition) is 1. The number of nitrogens with one attached hydrogen (secondary N) is 1. The molecule has 2 heterocycles. The first-order valence-corrected chi connectivity index (χ1v) is 10.7. The molecule has 0 bridgehead atoms. The molecule has 2 aliphatic rings. The van der Waals surface area contributed by atoms with Crippen molar-refractivity contribution in [1.29, 1.82) is 0 Å². The molecule has 0 amide bonds. The van der Waals surface area contributed by atoms with E-state index in [-0.39, 0.29) is 29.4 Å². The first-order chi connectivity index (χ1) is 13.5. The normalized spacial score (nSPS) is 21.2. The van der Waals surface area contributed by atoms with Crippen molar-refractivity contribution in [3.05, 3.63) is 35.4 Å². The number of piperidine rings is 1. The first-order valence-electron chi connectivity index (χ1n) is 10.7. The van der Waals surface area contributed by atoms with Gasteiger partial charge in [-0.1, -0.05) is 45.0 Å². The fraction of sp³-hybridized carbons (Fsp3) is 0.696. The minimum atomic E-state index is 0. The van der Waals surface area contributed by atoms with E-state index in [2.05, 4.69) is 60.2 Å². The van der Waals surface area contributed by atoms with Gasteiger partial charge in [-0.05, 0) is 42.2 Å². The SMILES string of the molecule is CN=C(NCc1ccc(C(C)(C)C)cc1)N1CCC(OCC2CCCO2)CC1.I. The Labute approximate surface area is 193 Å². The fourth-order valence-electron chi connectivity index (χ4n) is 3.89. The number of nitrogens with zero attached hydrogens (tertiary/aromatic N) is 2. The van der Waals surface area contributed by atoms with E-state index in [1.807, 2.05) is 7.05 Å². The molecule has 1 aromatic carbocycles. The van der Waals surface area contributed by atoms with E-state index in [1.165, 1.54) is 17.5 Å². The smallest absolute Gasteiger partial charge is 0.193 e. The number of benzene rings is 1. The summed E-state index contributed by atoms with van der Waals surface area (Å²) in [6.45, 7) is 11.2. The number of ether oxygens (including phenoxy) is 2. The molecule has 5 nitrogen and oxygen atoms in total. The Morgan fingerprint density at radius 1 is 1.17 bits per heavy atom. The number of hydrogen-bond acceptors (Lipinski definition) is 3. The quantitative estimate of drug-likeness (QED) is 0.360. The number of halogens is 1. The van der Waals surface area contributed by atoms with E-state index in [1.54, 1.807) is 0 Å². The molecule has 3 rings (SSSR count). The summed E-state index contributed by atoms with van der Waals surface area (Å²) < 4.78 is 11.7. The summed E-state index contributed by atoms with van der Waals surface area (Å²) in [4.78, 5) is 6.83. The van der Waals surface area contributed by atoms with Gasteiger partial charge < -0.3 is 19.7 Å². The van der Waals surface area contributed by atoms with Crippen molar-refractivity contribution in [3.63, 3.8) is 0 Å². The van der Waals surface area contributed by atoms with Crippen LogP contribution in [0.3, 0.4) is 0 Å². The second-order valence-electron chi connectivity index (χ2n) is 9.00. The monoisotopic (exact) mass is 515 g/mol. The molecule has 0 saturated carbocycles. The molecule has 1 aromatic rings. The minimum Gasteiger partial charge on any atom is -0.376 e. The summed E-state index contributed by atoms with van der Waals surface area (Å²) in [6.07, 6.45) is 5.08.